The number of carbonyl (C=O) groups is 2. The summed E-state index contributed by atoms with van der Waals surface area (Å²) in [4.78, 5) is 38.4. The molecule has 3 amide bonds. The summed E-state index contributed by atoms with van der Waals surface area (Å²) in [5.41, 5.74) is 3.82. The molecular weight excluding hydrogens is 527 g/mol. The lowest BCUT2D eigenvalue weighted by molar-refractivity contribution is -0.176. The van der Waals surface area contributed by atoms with E-state index >= 15 is 0 Å². The quantitative estimate of drug-likeness (QED) is 0.383. The summed E-state index contributed by atoms with van der Waals surface area (Å²) in [6, 6.07) is 8.34. The molecule has 4 N–H and O–H groups in total. The number of nitrogens with one attached hydrogen (secondary N) is 2. The minimum Gasteiger partial charge on any atom is -0.481 e. The van der Waals surface area contributed by atoms with Gasteiger partial charge < -0.3 is 21.1 Å². The number of anilines is 4. The van der Waals surface area contributed by atoms with E-state index < -0.39 is 30.0 Å². The van der Waals surface area contributed by atoms with Crippen molar-refractivity contribution in [3.05, 3.63) is 83.9 Å². The highest BCUT2D eigenvalue weighted by atomic mass is 19.4. The first-order chi connectivity index (χ1) is 18.9. The van der Waals surface area contributed by atoms with E-state index in [0.717, 1.165) is 6.08 Å². The summed E-state index contributed by atoms with van der Waals surface area (Å²) in [6.45, 7) is 1.65. The molecule has 13 heteroatoms. The summed E-state index contributed by atoms with van der Waals surface area (Å²) in [6.07, 6.45) is 0.852. The lowest BCUT2D eigenvalue weighted by Gasteiger charge is -2.36. The number of urea groups is 1. The Morgan fingerprint density at radius 2 is 1.90 bits per heavy atom. The number of alkyl halides is 3. The number of allylic oxidation sites excluding steroid dienone is 3. The van der Waals surface area contributed by atoms with Gasteiger partial charge in [0.15, 0.2) is 0 Å². The molecule has 0 saturated carbocycles. The van der Waals surface area contributed by atoms with Crippen molar-refractivity contribution in [1.82, 2.24) is 15.0 Å². The summed E-state index contributed by atoms with van der Waals surface area (Å²) >= 11 is 0. The van der Waals surface area contributed by atoms with E-state index in [2.05, 4.69) is 25.6 Å². The number of ether oxygens (including phenoxy) is 1. The summed E-state index contributed by atoms with van der Waals surface area (Å²) < 4.78 is 48.4. The number of amides is 3. The summed E-state index contributed by atoms with van der Waals surface area (Å²) in [7, 11) is 2.96. The Morgan fingerprint density at radius 1 is 1.12 bits per heavy atom. The van der Waals surface area contributed by atoms with Gasteiger partial charge in [-0.2, -0.15) is 13.2 Å². The first-order valence-electron chi connectivity index (χ1n) is 11.9. The first-order valence-corrected chi connectivity index (χ1v) is 11.9. The van der Waals surface area contributed by atoms with Crippen molar-refractivity contribution in [2.45, 2.75) is 24.9 Å². The van der Waals surface area contributed by atoms with Gasteiger partial charge in [-0.1, -0.05) is 30.4 Å². The fourth-order valence-corrected chi connectivity index (χ4v) is 4.13. The average molecular weight is 554 g/mol. The fourth-order valence-electron chi connectivity index (χ4n) is 4.13. The van der Waals surface area contributed by atoms with E-state index in [1.807, 2.05) is 0 Å². The first kappa shape index (κ1) is 28.1. The Bertz CT molecular complexity index is 1490. The van der Waals surface area contributed by atoms with E-state index in [4.69, 9.17) is 10.5 Å². The number of benzene rings is 1. The molecule has 0 radical (unpaired) electrons. The topological polar surface area (TPSA) is 135 Å². The zero-order chi connectivity index (χ0) is 29.1. The van der Waals surface area contributed by atoms with Gasteiger partial charge in [0.1, 0.15) is 23.4 Å². The number of hydrogen-bond donors (Lipinski definition) is 3. The van der Waals surface area contributed by atoms with Crippen LogP contribution in [0.2, 0.25) is 0 Å². The number of nitrogens with zero attached hydrogens (tertiary/aromatic N) is 4. The predicted octanol–water partition coefficient (Wildman–Crippen LogP) is 4.77. The fraction of sp³-hybridized carbons (Fsp3) is 0.222. The normalized spacial score (nSPS) is 16.6. The van der Waals surface area contributed by atoms with Crippen molar-refractivity contribution in [1.29, 1.82) is 0 Å². The number of nitrogens with two attached hydrogens (primary N) is 1. The van der Waals surface area contributed by atoms with Gasteiger partial charge in [-0.3, -0.25) is 9.69 Å². The van der Waals surface area contributed by atoms with Crippen molar-refractivity contribution in [3.63, 3.8) is 0 Å². The van der Waals surface area contributed by atoms with Crippen LogP contribution >= 0.6 is 0 Å². The number of aryl methyl sites for hydroxylation is 1. The standard InChI is InChI=1S/C27H26F3N7O3/c1-16-6-7-18(26(27(28,29)30)10-4-5-17(13-26)24(31)38)11-20(16)36-25(39)37(2)22-12-21(33-15-34-22)35-19-8-9-23(40-3)32-14-19/h4-12,14-15H,13H2,1-3H3,(H2,31,38)(H,36,39)(H,33,34,35). The van der Waals surface area contributed by atoms with Gasteiger partial charge in [0.2, 0.25) is 11.8 Å². The molecule has 208 valence electrons. The van der Waals surface area contributed by atoms with E-state index in [9.17, 15) is 22.8 Å². The zero-order valence-corrected chi connectivity index (χ0v) is 21.8. The molecule has 10 nitrogen and oxygen atoms in total. The van der Waals surface area contributed by atoms with Gasteiger partial charge in [-0.15, -0.1) is 0 Å². The van der Waals surface area contributed by atoms with Gasteiger partial charge in [-0.25, -0.2) is 19.7 Å². The summed E-state index contributed by atoms with van der Waals surface area (Å²) in [5, 5.41) is 5.70. The minimum atomic E-state index is -4.74. The molecule has 1 aromatic carbocycles. The highest BCUT2D eigenvalue weighted by Crippen LogP contribution is 2.49. The van der Waals surface area contributed by atoms with Crippen molar-refractivity contribution in [2.24, 2.45) is 5.73 Å². The molecule has 0 aliphatic heterocycles. The Balaban J connectivity index is 1.56. The zero-order valence-electron chi connectivity index (χ0n) is 21.8. The smallest absolute Gasteiger partial charge is 0.402 e. The van der Waals surface area contributed by atoms with Crippen LogP contribution in [0.5, 0.6) is 5.88 Å². The highest BCUT2D eigenvalue weighted by Gasteiger charge is 2.55. The van der Waals surface area contributed by atoms with Crippen LogP contribution in [-0.4, -0.2) is 47.2 Å². The molecule has 1 aliphatic carbocycles. The van der Waals surface area contributed by atoms with Gasteiger partial charge in [0, 0.05) is 30.4 Å². The molecule has 4 rings (SSSR count). The van der Waals surface area contributed by atoms with Crippen LogP contribution in [0.1, 0.15) is 17.5 Å². The van der Waals surface area contributed by atoms with E-state index in [0.29, 0.717) is 22.9 Å². The molecule has 1 unspecified atom stereocenters. The molecule has 40 heavy (non-hydrogen) atoms. The second-order valence-corrected chi connectivity index (χ2v) is 9.06. The maximum Gasteiger partial charge on any atom is 0.402 e. The van der Waals surface area contributed by atoms with E-state index in [1.165, 1.54) is 61.8 Å². The lowest BCUT2D eigenvalue weighted by atomic mass is 9.72. The molecule has 1 aliphatic rings. The monoisotopic (exact) mass is 553 g/mol. The maximum atomic E-state index is 14.4. The highest BCUT2D eigenvalue weighted by molar-refractivity contribution is 6.01. The molecule has 2 heterocycles. The number of rotatable bonds is 7. The van der Waals surface area contributed by atoms with Crippen molar-refractivity contribution >= 4 is 34.9 Å². The number of pyridine rings is 1. The largest absolute Gasteiger partial charge is 0.481 e. The van der Waals surface area contributed by atoms with Crippen molar-refractivity contribution < 1.29 is 27.5 Å². The van der Waals surface area contributed by atoms with Gasteiger partial charge in [-0.05, 0) is 36.6 Å². The maximum absolute atomic E-state index is 14.4. The molecule has 0 saturated heterocycles. The van der Waals surface area contributed by atoms with Crippen LogP contribution < -0.4 is 26.0 Å². The number of methoxy groups -OCH3 is 1. The molecule has 0 spiro atoms. The van der Waals surface area contributed by atoms with E-state index in [1.54, 1.807) is 25.3 Å². The van der Waals surface area contributed by atoms with Crippen LogP contribution in [0, 0.1) is 6.92 Å². The Kier molecular flexibility index (Phi) is 7.75. The molecule has 3 aromatic rings. The lowest BCUT2D eigenvalue weighted by Crippen LogP contribution is -2.43. The Labute approximate surface area is 227 Å². The van der Waals surface area contributed by atoms with Crippen LogP contribution in [0.3, 0.4) is 0 Å². The third kappa shape index (κ3) is 5.72. The molecule has 1 atom stereocenters. The summed E-state index contributed by atoms with van der Waals surface area (Å²) in [5.74, 6) is 0.116. The van der Waals surface area contributed by atoms with Crippen LogP contribution in [0.15, 0.2) is 72.7 Å². The number of carbonyl (C=O) groups excluding carboxylic acids is 2. The van der Waals surface area contributed by atoms with Gasteiger partial charge in [0.05, 0.1) is 19.0 Å². The van der Waals surface area contributed by atoms with Crippen molar-refractivity contribution in [2.75, 3.05) is 29.7 Å². The number of hydrogen-bond acceptors (Lipinski definition) is 7. The third-order valence-electron chi connectivity index (χ3n) is 6.48. The number of aromatic nitrogens is 3. The minimum absolute atomic E-state index is 0.145. The Morgan fingerprint density at radius 3 is 2.55 bits per heavy atom. The van der Waals surface area contributed by atoms with Gasteiger partial charge >= 0.3 is 12.2 Å². The van der Waals surface area contributed by atoms with E-state index in [-0.39, 0.29) is 22.6 Å². The number of halogens is 3. The Hall–Kier alpha value is -4.94. The molecular formula is C27H26F3N7O3. The molecule has 2 aromatic heterocycles. The number of primary amides is 1. The van der Waals surface area contributed by atoms with Crippen LogP contribution in [0.25, 0.3) is 0 Å². The average Bonchev–Trinajstić information content (AvgIpc) is 2.93. The van der Waals surface area contributed by atoms with Crippen LogP contribution in [0.4, 0.5) is 41.0 Å². The van der Waals surface area contributed by atoms with Crippen molar-refractivity contribution in [3.8, 4) is 5.88 Å². The third-order valence-corrected chi connectivity index (χ3v) is 6.48. The van der Waals surface area contributed by atoms with Gasteiger partial charge in [0.25, 0.3) is 0 Å². The SMILES string of the molecule is COc1ccc(Nc2cc(N(C)C(=O)Nc3cc(C4(C(F)(F)F)C=CC=C(C(N)=O)C4)ccc3C)ncn2)cn1. The predicted molar refractivity (Wildman–Crippen MR) is 143 cm³/mol. The second kappa shape index (κ2) is 11.0. The molecule has 0 bridgehead atoms. The van der Waals surface area contributed by atoms with Crippen LogP contribution in [-0.2, 0) is 10.2 Å². The second-order valence-electron chi connectivity index (χ2n) is 9.06. The molecule has 0 fully saturated rings.